The van der Waals surface area contributed by atoms with Gasteiger partial charge in [0, 0.05) is 38.9 Å². The fourth-order valence-electron chi connectivity index (χ4n) is 2.82. The summed E-state index contributed by atoms with van der Waals surface area (Å²) in [5, 5.41) is 1.68. The quantitative estimate of drug-likeness (QED) is 0.600. The van der Waals surface area contributed by atoms with Crippen LogP contribution in [0, 0.1) is 0 Å². The lowest BCUT2D eigenvalue weighted by Crippen LogP contribution is -2.42. The van der Waals surface area contributed by atoms with Crippen molar-refractivity contribution < 1.29 is 9.59 Å². The van der Waals surface area contributed by atoms with E-state index in [0.29, 0.717) is 25.8 Å². The Hall–Kier alpha value is -1.26. The molecule has 1 aliphatic heterocycles. The van der Waals surface area contributed by atoms with Crippen LogP contribution in [0.25, 0.3) is 0 Å². The van der Waals surface area contributed by atoms with E-state index >= 15 is 0 Å². The van der Waals surface area contributed by atoms with Crippen LogP contribution >= 0.6 is 46.4 Å². The maximum absolute atomic E-state index is 12.5. The summed E-state index contributed by atoms with van der Waals surface area (Å²) in [5.74, 6) is -0.915. The number of hydrogen-bond acceptors (Lipinski definition) is 2. The second-order valence-electron chi connectivity index (χ2n) is 5.52. The Morgan fingerprint density at radius 2 is 1.38 bits per heavy atom. The minimum Gasteiger partial charge on any atom is -0.274 e. The zero-order chi connectivity index (χ0) is 17.4. The lowest BCUT2D eigenvalue weighted by Gasteiger charge is -2.30. The van der Waals surface area contributed by atoms with E-state index < -0.39 is 0 Å². The van der Waals surface area contributed by atoms with Gasteiger partial charge in [-0.05, 0) is 35.9 Å². The molecule has 2 amide bonds. The van der Waals surface area contributed by atoms with Gasteiger partial charge in [-0.15, -0.1) is 0 Å². The minimum atomic E-state index is -0.319. The average molecular weight is 403 g/mol. The molecule has 1 fully saturated rings. The van der Waals surface area contributed by atoms with Gasteiger partial charge in [-0.2, -0.15) is 0 Å². The summed E-state index contributed by atoms with van der Waals surface area (Å²) in [4.78, 5) is 26.2. The van der Waals surface area contributed by atoms with Crippen LogP contribution in [0.5, 0.6) is 0 Å². The third kappa shape index (κ3) is 3.55. The first-order valence-corrected chi connectivity index (χ1v) is 8.63. The molecule has 3 nitrogen and oxygen atoms in total. The average Bonchev–Trinajstić information content (AvgIpc) is 2.45. The molecule has 0 aliphatic carbocycles. The smallest absolute Gasteiger partial charge is 0.234 e. The molecular weight excluding hydrogens is 392 g/mol. The van der Waals surface area contributed by atoms with Crippen molar-refractivity contribution in [1.82, 2.24) is 0 Å². The normalized spacial score (nSPS) is 15.9. The molecule has 2 aromatic carbocycles. The second-order valence-corrected chi connectivity index (χ2v) is 7.24. The number of imide groups is 1. The van der Waals surface area contributed by atoms with Crippen LogP contribution in [0.2, 0.25) is 20.1 Å². The molecule has 0 radical (unpaired) electrons. The Kier molecular flexibility index (Phi) is 5.07. The molecule has 0 unspecified atom stereocenters. The van der Waals surface area contributed by atoms with Gasteiger partial charge in [-0.3, -0.25) is 14.5 Å². The molecule has 0 bridgehead atoms. The predicted octanol–water partition coefficient (Wildman–Crippen LogP) is 5.74. The number of benzene rings is 2. The van der Waals surface area contributed by atoms with Gasteiger partial charge in [0.1, 0.15) is 0 Å². The summed E-state index contributed by atoms with van der Waals surface area (Å²) in [6.07, 6.45) is 0.328. The highest BCUT2D eigenvalue weighted by atomic mass is 35.5. The molecule has 124 valence electrons. The highest BCUT2D eigenvalue weighted by molar-refractivity contribution is 6.36. The number of amides is 2. The highest BCUT2D eigenvalue weighted by Gasteiger charge is 2.35. The van der Waals surface area contributed by atoms with Crippen LogP contribution in [-0.2, 0) is 9.59 Å². The van der Waals surface area contributed by atoms with E-state index in [0.717, 1.165) is 10.5 Å². The van der Waals surface area contributed by atoms with Gasteiger partial charge in [-0.1, -0.05) is 52.5 Å². The van der Waals surface area contributed by atoms with Gasteiger partial charge in [0.05, 0.1) is 5.69 Å². The van der Waals surface area contributed by atoms with Crippen molar-refractivity contribution >= 4 is 63.9 Å². The SMILES string of the molecule is O=C1CC(c2ccc(Cl)cc2Cl)CC(=O)N1c1cc(Cl)cc(Cl)c1. The van der Waals surface area contributed by atoms with E-state index in [9.17, 15) is 9.59 Å². The van der Waals surface area contributed by atoms with Crippen LogP contribution in [0.15, 0.2) is 36.4 Å². The molecule has 0 N–H and O–H groups in total. The Balaban J connectivity index is 1.89. The molecule has 7 heteroatoms. The van der Waals surface area contributed by atoms with Crippen LogP contribution in [-0.4, -0.2) is 11.8 Å². The van der Waals surface area contributed by atoms with Crippen molar-refractivity contribution in [2.24, 2.45) is 0 Å². The van der Waals surface area contributed by atoms with Crippen LogP contribution in [0.1, 0.15) is 24.3 Å². The van der Waals surface area contributed by atoms with Gasteiger partial charge in [0.2, 0.25) is 11.8 Å². The van der Waals surface area contributed by atoms with Gasteiger partial charge >= 0.3 is 0 Å². The monoisotopic (exact) mass is 401 g/mol. The van der Waals surface area contributed by atoms with Gasteiger partial charge in [0.15, 0.2) is 0 Å². The Bertz CT molecular complexity index is 799. The minimum absolute atomic E-state index is 0.164. The number of halogens is 4. The van der Waals surface area contributed by atoms with Crippen molar-refractivity contribution in [3.8, 4) is 0 Å². The molecule has 3 rings (SSSR count). The third-order valence-electron chi connectivity index (χ3n) is 3.85. The zero-order valence-electron chi connectivity index (χ0n) is 12.2. The molecule has 0 spiro atoms. The lowest BCUT2D eigenvalue weighted by molar-refractivity contribution is -0.129. The Labute approximate surface area is 159 Å². The third-order valence-corrected chi connectivity index (χ3v) is 4.85. The Morgan fingerprint density at radius 3 is 1.92 bits per heavy atom. The van der Waals surface area contributed by atoms with Gasteiger partial charge in [-0.25, -0.2) is 0 Å². The molecule has 1 aliphatic rings. The summed E-state index contributed by atoms with van der Waals surface area (Å²) in [6.45, 7) is 0. The van der Waals surface area contributed by atoms with E-state index in [1.165, 1.54) is 0 Å². The van der Waals surface area contributed by atoms with Crippen LogP contribution in [0.4, 0.5) is 5.69 Å². The van der Waals surface area contributed by atoms with Gasteiger partial charge < -0.3 is 0 Å². The lowest BCUT2D eigenvalue weighted by atomic mass is 9.88. The topological polar surface area (TPSA) is 37.4 Å². The molecule has 0 aromatic heterocycles. The van der Waals surface area contributed by atoms with Gasteiger partial charge in [0.25, 0.3) is 0 Å². The number of anilines is 1. The predicted molar refractivity (Wildman–Crippen MR) is 97.4 cm³/mol. The van der Waals surface area contributed by atoms with E-state index in [1.807, 2.05) is 0 Å². The van der Waals surface area contributed by atoms with E-state index in [4.69, 9.17) is 46.4 Å². The van der Waals surface area contributed by atoms with E-state index in [1.54, 1.807) is 36.4 Å². The number of rotatable bonds is 2. The number of nitrogens with zero attached hydrogens (tertiary/aromatic N) is 1. The summed E-state index contributed by atoms with van der Waals surface area (Å²) < 4.78 is 0. The fraction of sp³-hybridized carbons (Fsp3) is 0.176. The summed E-state index contributed by atoms with van der Waals surface area (Å²) >= 11 is 24.0. The Morgan fingerprint density at radius 1 is 0.792 bits per heavy atom. The number of carbonyl (C=O) groups excluding carboxylic acids is 2. The number of carbonyl (C=O) groups is 2. The first-order valence-electron chi connectivity index (χ1n) is 7.12. The first kappa shape index (κ1) is 17.6. The van der Waals surface area contributed by atoms with Crippen molar-refractivity contribution in [1.29, 1.82) is 0 Å². The maximum Gasteiger partial charge on any atom is 0.234 e. The second kappa shape index (κ2) is 6.93. The molecule has 0 atom stereocenters. The summed E-state index contributed by atoms with van der Waals surface area (Å²) in [5.41, 5.74) is 1.12. The van der Waals surface area contributed by atoms with Crippen LogP contribution in [0.3, 0.4) is 0 Å². The summed E-state index contributed by atoms with van der Waals surface area (Å²) in [7, 11) is 0. The molecule has 24 heavy (non-hydrogen) atoms. The number of piperidine rings is 1. The zero-order valence-corrected chi connectivity index (χ0v) is 15.3. The van der Waals surface area contributed by atoms with Crippen molar-refractivity contribution in [2.75, 3.05) is 4.90 Å². The van der Waals surface area contributed by atoms with Crippen molar-refractivity contribution in [3.05, 3.63) is 62.1 Å². The molecular formula is C17H11Cl4NO2. The standard InChI is InChI=1S/C17H11Cl4NO2/c18-10-1-2-14(15(21)8-10)9-3-16(23)22(17(24)4-9)13-6-11(19)5-12(20)7-13/h1-2,5-9H,3-4H2. The fourth-order valence-corrected chi connectivity index (χ4v) is 3.90. The molecule has 1 heterocycles. The van der Waals surface area contributed by atoms with E-state index in [2.05, 4.69) is 0 Å². The van der Waals surface area contributed by atoms with Crippen molar-refractivity contribution in [2.45, 2.75) is 18.8 Å². The first-order chi connectivity index (χ1) is 11.3. The molecule has 1 saturated heterocycles. The van der Waals surface area contributed by atoms with Crippen molar-refractivity contribution in [3.63, 3.8) is 0 Å². The maximum atomic E-state index is 12.5. The highest BCUT2D eigenvalue weighted by Crippen LogP contribution is 2.37. The summed E-state index contributed by atoms with van der Waals surface area (Å²) in [6, 6.07) is 9.68. The van der Waals surface area contributed by atoms with Crippen LogP contribution < -0.4 is 4.90 Å². The van der Waals surface area contributed by atoms with E-state index in [-0.39, 0.29) is 30.6 Å². The largest absolute Gasteiger partial charge is 0.274 e. The number of hydrogen-bond donors (Lipinski definition) is 0. The molecule has 2 aromatic rings. The molecule has 0 saturated carbocycles.